The monoisotopic (exact) mass is 298 g/mol. The maximum atomic E-state index is 12.0. The molecular formula is C17H30O4. The molecule has 0 spiro atoms. The number of carboxylic acids is 1. The predicted octanol–water partition coefficient (Wildman–Crippen LogP) is 4.48. The molecule has 4 nitrogen and oxygen atoms in total. The Morgan fingerprint density at radius 1 is 0.905 bits per heavy atom. The van der Waals surface area contributed by atoms with Crippen LogP contribution in [0.25, 0.3) is 0 Å². The molecule has 0 heterocycles. The minimum atomic E-state index is -1.04. The van der Waals surface area contributed by atoms with Gasteiger partial charge < -0.3 is 9.84 Å². The van der Waals surface area contributed by atoms with E-state index < -0.39 is 11.9 Å². The molecule has 0 aliphatic carbocycles. The molecule has 0 radical (unpaired) electrons. The van der Waals surface area contributed by atoms with Crippen molar-refractivity contribution in [3.63, 3.8) is 0 Å². The van der Waals surface area contributed by atoms with Crippen molar-refractivity contribution in [2.45, 2.75) is 78.6 Å². The Bertz CT molecular complexity index is 345. The van der Waals surface area contributed by atoms with Gasteiger partial charge in [0.25, 0.3) is 0 Å². The first-order chi connectivity index (χ1) is 10.0. The number of carbonyl (C=O) groups excluding carboxylic acids is 1. The summed E-state index contributed by atoms with van der Waals surface area (Å²) in [5, 5.41) is 9.08. The molecule has 0 atom stereocenters. The van der Waals surface area contributed by atoms with E-state index in [9.17, 15) is 9.59 Å². The fraction of sp³-hybridized carbons (Fsp3) is 0.765. The second-order valence-electron chi connectivity index (χ2n) is 5.42. The number of esters is 1. The number of hydrogen-bond acceptors (Lipinski definition) is 3. The van der Waals surface area contributed by atoms with E-state index in [0.29, 0.717) is 18.6 Å². The first-order valence-electron chi connectivity index (χ1n) is 8.14. The van der Waals surface area contributed by atoms with Gasteiger partial charge in [-0.15, -0.1) is 0 Å². The summed E-state index contributed by atoms with van der Waals surface area (Å²) in [5.74, 6) is -1.49. The van der Waals surface area contributed by atoms with Gasteiger partial charge in [-0.25, -0.2) is 9.59 Å². The standard InChI is InChI=1S/C17H30O4/c1-4-6-8-10-12-15(14(3)16(18)19)17(20)21-13-11-9-7-5-2/h4-13H2,1-3H3,(H,18,19). The Morgan fingerprint density at radius 3 is 2.00 bits per heavy atom. The van der Waals surface area contributed by atoms with E-state index in [1.165, 1.54) is 6.92 Å². The lowest BCUT2D eigenvalue weighted by Gasteiger charge is -2.10. The second-order valence-corrected chi connectivity index (χ2v) is 5.42. The first-order valence-corrected chi connectivity index (χ1v) is 8.14. The number of aliphatic carboxylic acids is 1. The van der Waals surface area contributed by atoms with Gasteiger partial charge in [0, 0.05) is 11.1 Å². The smallest absolute Gasteiger partial charge is 0.334 e. The number of carbonyl (C=O) groups is 2. The van der Waals surface area contributed by atoms with Crippen molar-refractivity contribution in [2.24, 2.45) is 0 Å². The normalized spacial score (nSPS) is 12.0. The van der Waals surface area contributed by atoms with Crippen LogP contribution in [0.3, 0.4) is 0 Å². The van der Waals surface area contributed by atoms with Crippen LogP contribution >= 0.6 is 0 Å². The highest BCUT2D eigenvalue weighted by molar-refractivity contribution is 5.99. The van der Waals surface area contributed by atoms with E-state index in [-0.39, 0.29) is 5.57 Å². The van der Waals surface area contributed by atoms with Crippen LogP contribution in [-0.4, -0.2) is 23.7 Å². The summed E-state index contributed by atoms with van der Waals surface area (Å²) >= 11 is 0. The van der Waals surface area contributed by atoms with Crippen molar-refractivity contribution in [1.82, 2.24) is 0 Å². The molecule has 0 amide bonds. The van der Waals surface area contributed by atoms with E-state index >= 15 is 0 Å². The Labute approximate surface area is 128 Å². The molecule has 0 aliphatic rings. The summed E-state index contributed by atoms with van der Waals surface area (Å²) in [6.07, 6.45) is 8.69. The first kappa shape index (κ1) is 19.7. The Hall–Kier alpha value is -1.32. The van der Waals surface area contributed by atoms with Crippen molar-refractivity contribution >= 4 is 11.9 Å². The van der Waals surface area contributed by atoms with Gasteiger partial charge in [-0.05, 0) is 26.2 Å². The quantitative estimate of drug-likeness (QED) is 0.328. The molecule has 21 heavy (non-hydrogen) atoms. The molecule has 0 aromatic rings. The molecule has 0 aliphatic heterocycles. The number of rotatable bonds is 12. The van der Waals surface area contributed by atoms with Gasteiger partial charge in [0.1, 0.15) is 0 Å². The highest BCUT2D eigenvalue weighted by Crippen LogP contribution is 2.17. The summed E-state index contributed by atoms with van der Waals surface area (Å²) in [6, 6.07) is 0. The Morgan fingerprint density at radius 2 is 1.48 bits per heavy atom. The van der Waals surface area contributed by atoms with Crippen molar-refractivity contribution in [2.75, 3.05) is 6.61 Å². The summed E-state index contributed by atoms with van der Waals surface area (Å²) in [5.41, 5.74) is 0.444. The lowest BCUT2D eigenvalue weighted by molar-refractivity contribution is -0.140. The molecule has 0 bridgehead atoms. The molecule has 0 saturated heterocycles. The van der Waals surface area contributed by atoms with Gasteiger partial charge in [-0.2, -0.15) is 0 Å². The van der Waals surface area contributed by atoms with Crippen molar-refractivity contribution in [3.05, 3.63) is 11.1 Å². The van der Waals surface area contributed by atoms with Gasteiger partial charge in [-0.1, -0.05) is 52.4 Å². The second kappa shape index (κ2) is 12.4. The minimum absolute atomic E-state index is 0.116. The molecule has 122 valence electrons. The van der Waals surface area contributed by atoms with Crippen LogP contribution in [0.2, 0.25) is 0 Å². The minimum Gasteiger partial charge on any atom is -0.478 e. The summed E-state index contributed by atoms with van der Waals surface area (Å²) in [7, 11) is 0. The number of carboxylic acid groups (broad SMARTS) is 1. The molecular weight excluding hydrogens is 268 g/mol. The van der Waals surface area contributed by atoms with Gasteiger partial charge in [0.15, 0.2) is 0 Å². The van der Waals surface area contributed by atoms with Crippen molar-refractivity contribution in [1.29, 1.82) is 0 Å². The molecule has 4 heteroatoms. The van der Waals surface area contributed by atoms with Crippen molar-refractivity contribution in [3.8, 4) is 0 Å². The molecule has 0 unspecified atom stereocenters. The van der Waals surface area contributed by atoms with Crippen LogP contribution in [0.15, 0.2) is 11.1 Å². The predicted molar refractivity (Wildman–Crippen MR) is 84.2 cm³/mol. The zero-order valence-electron chi connectivity index (χ0n) is 13.7. The van der Waals surface area contributed by atoms with E-state index in [1.807, 2.05) is 0 Å². The van der Waals surface area contributed by atoms with E-state index in [4.69, 9.17) is 9.84 Å². The molecule has 1 N–H and O–H groups in total. The van der Waals surface area contributed by atoms with Crippen LogP contribution in [0.4, 0.5) is 0 Å². The van der Waals surface area contributed by atoms with Crippen LogP contribution < -0.4 is 0 Å². The third-order valence-electron chi connectivity index (χ3n) is 3.53. The Balaban J connectivity index is 4.41. The maximum absolute atomic E-state index is 12.0. The summed E-state index contributed by atoms with van der Waals surface area (Å²) in [6.45, 7) is 6.10. The van der Waals surface area contributed by atoms with Crippen LogP contribution in [-0.2, 0) is 14.3 Å². The average Bonchev–Trinajstić information content (AvgIpc) is 2.46. The number of unbranched alkanes of at least 4 members (excludes halogenated alkanes) is 6. The summed E-state index contributed by atoms with van der Waals surface area (Å²) < 4.78 is 5.22. The molecule has 0 aromatic carbocycles. The van der Waals surface area contributed by atoms with Crippen molar-refractivity contribution < 1.29 is 19.4 Å². The molecule has 0 aromatic heterocycles. The lowest BCUT2D eigenvalue weighted by atomic mass is 10.0. The van der Waals surface area contributed by atoms with Crippen LogP contribution in [0, 0.1) is 0 Å². The Kier molecular flexibility index (Phi) is 11.6. The average molecular weight is 298 g/mol. The lowest BCUT2D eigenvalue weighted by Crippen LogP contribution is -2.14. The van der Waals surface area contributed by atoms with Gasteiger partial charge in [0.05, 0.1) is 6.61 Å². The number of hydrogen-bond donors (Lipinski definition) is 1. The van der Waals surface area contributed by atoms with Crippen LogP contribution in [0.1, 0.15) is 78.6 Å². The van der Waals surface area contributed by atoms with Gasteiger partial charge >= 0.3 is 11.9 Å². The fourth-order valence-electron chi connectivity index (χ4n) is 2.08. The van der Waals surface area contributed by atoms with Gasteiger partial charge in [0.2, 0.25) is 0 Å². The molecule has 0 saturated carbocycles. The molecule has 0 rings (SSSR count). The third kappa shape index (κ3) is 9.27. The topological polar surface area (TPSA) is 63.6 Å². The van der Waals surface area contributed by atoms with E-state index in [0.717, 1.165) is 51.4 Å². The zero-order valence-corrected chi connectivity index (χ0v) is 13.7. The van der Waals surface area contributed by atoms with Crippen LogP contribution in [0.5, 0.6) is 0 Å². The van der Waals surface area contributed by atoms with E-state index in [1.54, 1.807) is 0 Å². The number of ether oxygens (including phenoxy) is 1. The third-order valence-corrected chi connectivity index (χ3v) is 3.53. The highest BCUT2D eigenvalue weighted by Gasteiger charge is 2.18. The van der Waals surface area contributed by atoms with Gasteiger partial charge in [-0.3, -0.25) is 0 Å². The summed E-state index contributed by atoms with van der Waals surface area (Å²) in [4.78, 5) is 23.1. The maximum Gasteiger partial charge on any atom is 0.334 e. The highest BCUT2D eigenvalue weighted by atomic mass is 16.5. The van der Waals surface area contributed by atoms with E-state index in [2.05, 4.69) is 13.8 Å². The fourth-order valence-corrected chi connectivity index (χ4v) is 2.08. The molecule has 0 fully saturated rings. The largest absolute Gasteiger partial charge is 0.478 e. The SMILES string of the molecule is CCCCCCOC(=O)C(CCCCCC)=C(C)C(=O)O. The zero-order chi connectivity index (χ0) is 16.1.